The molecular weight excluding hydrogens is 394 g/mol. The van der Waals surface area contributed by atoms with Crippen LogP contribution in [0.15, 0.2) is 53.9 Å². The first-order chi connectivity index (χ1) is 14.7. The van der Waals surface area contributed by atoms with E-state index in [4.69, 9.17) is 0 Å². The van der Waals surface area contributed by atoms with Gasteiger partial charge >= 0.3 is 0 Å². The first-order valence-electron chi connectivity index (χ1n) is 10.4. The molecule has 0 aliphatic carbocycles. The number of aryl methyl sites for hydroxylation is 1. The van der Waals surface area contributed by atoms with Crippen LogP contribution < -0.4 is 0 Å². The molecule has 3 aromatic rings. The normalized spacial score (nSPS) is 16.6. The van der Waals surface area contributed by atoms with Gasteiger partial charge in [0.05, 0.1) is 0 Å². The summed E-state index contributed by atoms with van der Waals surface area (Å²) in [6.45, 7) is 3.61. The summed E-state index contributed by atoms with van der Waals surface area (Å²) in [6.07, 6.45) is 6.64. The van der Waals surface area contributed by atoms with Crippen LogP contribution in [0.25, 0.3) is 0 Å². The number of hydrogen-bond donors (Lipinski definition) is 0. The van der Waals surface area contributed by atoms with E-state index < -0.39 is 0 Å². The zero-order chi connectivity index (χ0) is 20.9. The topological polar surface area (TPSA) is 63.9 Å². The fourth-order valence-electron chi connectivity index (χ4n) is 3.88. The highest BCUT2D eigenvalue weighted by molar-refractivity contribution is 7.98. The third-order valence-corrected chi connectivity index (χ3v) is 6.73. The fraction of sp³-hybridized carbons (Fsp3) is 0.391. The molecule has 156 valence electrons. The van der Waals surface area contributed by atoms with Gasteiger partial charge in [0.2, 0.25) is 0 Å². The van der Waals surface area contributed by atoms with Crippen molar-refractivity contribution < 1.29 is 4.79 Å². The zero-order valence-electron chi connectivity index (χ0n) is 17.5. The van der Waals surface area contributed by atoms with Gasteiger partial charge in [-0.2, -0.15) is 0 Å². The minimum absolute atomic E-state index is 0.107. The Morgan fingerprint density at radius 2 is 2.00 bits per heavy atom. The predicted molar refractivity (Wildman–Crippen MR) is 118 cm³/mol. The highest BCUT2D eigenvalue weighted by atomic mass is 32.2. The average Bonchev–Trinajstić information content (AvgIpc) is 3.18. The van der Waals surface area contributed by atoms with Crippen LogP contribution in [-0.2, 0) is 19.2 Å². The molecule has 0 unspecified atom stereocenters. The smallest absolute Gasteiger partial charge is 0.253 e. The Hall–Kier alpha value is -2.67. The van der Waals surface area contributed by atoms with Crippen molar-refractivity contribution >= 4 is 17.7 Å². The standard InChI is InChI=1S/C23H27N5OS/c1-3-17-8-10-19(11-9-17)22(29)28-13-5-7-20(15-28)21-25-26-23(27(21)2)30-16-18-6-4-12-24-14-18/h4,6,8-12,14,20H,3,5,7,13,15-16H2,1-2H3/t20-/m1/s1. The van der Waals surface area contributed by atoms with E-state index in [-0.39, 0.29) is 11.8 Å². The summed E-state index contributed by atoms with van der Waals surface area (Å²) in [5, 5.41) is 9.78. The summed E-state index contributed by atoms with van der Waals surface area (Å²) >= 11 is 1.66. The molecule has 0 bridgehead atoms. The van der Waals surface area contributed by atoms with Gasteiger partial charge in [0.1, 0.15) is 5.82 Å². The van der Waals surface area contributed by atoms with Crippen molar-refractivity contribution in [2.24, 2.45) is 7.05 Å². The third kappa shape index (κ3) is 4.56. The number of likely N-dealkylation sites (tertiary alicyclic amines) is 1. The van der Waals surface area contributed by atoms with Crippen LogP contribution in [0.4, 0.5) is 0 Å². The molecule has 4 rings (SSSR count). The summed E-state index contributed by atoms with van der Waals surface area (Å²) in [5.74, 6) is 2.09. The Bertz CT molecular complexity index is 987. The summed E-state index contributed by atoms with van der Waals surface area (Å²) < 4.78 is 2.08. The lowest BCUT2D eigenvalue weighted by atomic mass is 9.96. The van der Waals surface area contributed by atoms with Crippen molar-refractivity contribution in [1.82, 2.24) is 24.6 Å². The second-order valence-corrected chi connectivity index (χ2v) is 8.63. The van der Waals surface area contributed by atoms with Gasteiger partial charge in [0, 0.05) is 49.8 Å². The van der Waals surface area contributed by atoms with Gasteiger partial charge in [0.25, 0.3) is 5.91 Å². The van der Waals surface area contributed by atoms with Crippen molar-refractivity contribution in [2.45, 2.75) is 43.0 Å². The number of amides is 1. The van der Waals surface area contributed by atoms with Gasteiger partial charge in [-0.05, 0) is 48.6 Å². The number of carbonyl (C=O) groups is 1. The van der Waals surface area contributed by atoms with E-state index in [1.807, 2.05) is 48.5 Å². The number of nitrogens with zero attached hydrogens (tertiary/aromatic N) is 5. The molecule has 30 heavy (non-hydrogen) atoms. The molecule has 3 heterocycles. The number of aromatic nitrogens is 4. The number of pyridine rings is 1. The fourth-order valence-corrected chi connectivity index (χ4v) is 4.73. The third-order valence-electron chi connectivity index (χ3n) is 5.64. The molecule has 1 saturated heterocycles. The Kier molecular flexibility index (Phi) is 6.47. The first-order valence-corrected chi connectivity index (χ1v) is 11.4. The quantitative estimate of drug-likeness (QED) is 0.561. The van der Waals surface area contributed by atoms with E-state index in [1.54, 1.807) is 18.0 Å². The van der Waals surface area contributed by atoms with Crippen LogP contribution in [0, 0.1) is 0 Å². The summed E-state index contributed by atoms with van der Waals surface area (Å²) in [4.78, 5) is 19.1. The van der Waals surface area contributed by atoms with Gasteiger partial charge in [-0.15, -0.1) is 10.2 Å². The van der Waals surface area contributed by atoms with E-state index in [9.17, 15) is 4.79 Å². The second kappa shape index (κ2) is 9.43. The SMILES string of the molecule is CCc1ccc(C(=O)N2CCC[C@@H](c3nnc(SCc4cccnc4)n3C)C2)cc1. The van der Waals surface area contributed by atoms with Crippen LogP contribution in [0.2, 0.25) is 0 Å². The summed E-state index contributed by atoms with van der Waals surface area (Å²) in [6, 6.07) is 12.0. The molecular formula is C23H27N5OS. The Morgan fingerprint density at radius 1 is 1.17 bits per heavy atom. The van der Waals surface area contributed by atoms with E-state index in [2.05, 4.69) is 32.7 Å². The lowest BCUT2D eigenvalue weighted by Crippen LogP contribution is -2.39. The van der Waals surface area contributed by atoms with Crippen LogP contribution >= 0.6 is 11.8 Å². The molecule has 7 heteroatoms. The minimum atomic E-state index is 0.107. The Balaban J connectivity index is 1.42. The van der Waals surface area contributed by atoms with Crippen LogP contribution in [0.1, 0.15) is 53.0 Å². The second-order valence-electron chi connectivity index (χ2n) is 7.69. The molecule has 1 fully saturated rings. The number of benzene rings is 1. The largest absolute Gasteiger partial charge is 0.338 e. The predicted octanol–water partition coefficient (Wildman–Crippen LogP) is 4.08. The summed E-state index contributed by atoms with van der Waals surface area (Å²) in [5.41, 5.74) is 3.17. The van der Waals surface area contributed by atoms with Gasteiger partial charge < -0.3 is 9.47 Å². The highest BCUT2D eigenvalue weighted by Crippen LogP contribution is 2.29. The molecule has 0 spiro atoms. The maximum Gasteiger partial charge on any atom is 0.253 e. The molecule has 1 atom stereocenters. The van der Waals surface area contributed by atoms with Crippen molar-refractivity contribution in [3.8, 4) is 0 Å². The maximum absolute atomic E-state index is 13.0. The molecule has 0 saturated carbocycles. The van der Waals surface area contributed by atoms with Gasteiger partial charge in [-0.1, -0.05) is 36.9 Å². The monoisotopic (exact) mass is 421 g/mol. The molecule has 1 aliphatic heterocycles. The Morgan fingerprint density at radius 3 is 2.73 bits per heavy atom. The summed E-state index contributed by atoms with van der Waals surface area (Å²) in [7, 11) is 2.02. The minimum Gasteiger partial charge on any atom is -0.338 e. The van der Waals surface area contributed by atoms with Crippen molar-refractivity contribution in [3.05, 3.63) is 71.3 Å². The van der Waals surface area contributed by atoms with Crippen LogP contribution in [-0.4, -0.2) is 43.6 Å². The highest BCUT2D eigenvalue weighted by Gasteiger charge is 2.29. The number of rotatable bonds is 6. The molecule has 1 amide bonds. The molecule has 1 aliphatic rings. The van der Waals surface area contributed by atoms with Gasteiger partial charge in [0.15, 0.2) is 5.16 Å². The molecule has 0 radical (unpaired) electrons. The van der Waals surface area contributed by atoms with Crippen molar-refractivity contribution in [3.63, 3.8) is 0 Å². The van der Waals surface area contributed by atoms with Gasteiger partial charge in [-0.3, -0.25) is 9.78 Å². The number of carbonyl (C=O) groups excluding carboxylic acids is 1. The lowest BCUT2D eigenvalue weighted by Gasteiger charge is -2.32. The van der Waals surface area contributed by atoms with E-state index in [1.165, 1.54) is 5.56 Å². The molecule has 0 N–H and O–H groups in total. The zero-order valence-corrected chi connectivity index (χ0v) is 18.3. The number of thioether (sulfide) groups is 1. The molecule has 2 aromatic heterocycles. The van der Waals surface area contributed by atoms with Gasteiger partial charge in [-0.25, -0.2) is 0 Å². The first kappa shape index (κ1) is 20.6. The number of piperidine rings is 1. The van der Waals surface area contributed by atoms with E-state index in [0.29, 0.717) is 6.54 Å². The average molecular weight is 422 g/mol. The van der Waals surface area contributed by atoms with Crippen LogP contribution in [0.3, 0.4) is 0 Å². The molecule has 6 nitrogen and oxygen atoms in total. The number of hydrogen-bond acceptors (Lipinski definition) is 5. The van der Waals surface area contributed by atoms with E-state index in [0.717, 1.165) is 53.7 Å². The lowest BCUT2D eigenvalue weighted by molar-refractivity contribution is 0.0703. The van der Waals surface area contributed by atoms with Crippen LogP contribution in [0.5, 0.6) is 0 Å². The maximum atomic E-state index is 13.0. The Labute approximate surface area is 181 Å². The van der Waals surface area contributed by atoms with E-state index >= 15 is 0 Å². The van der Waals surface area contributed by atoms with Crippen molar-refractivity contribution in [2.75, 3.05) is 13.1 Å². The molecule has 1 aromatic carbocycles. The van der Waals surface area contributed by atoms with Crippen molar-refractivity contribution in [1.29, 1.82) is 0 Å².